The van der Waals surface area contributed by atoms with Gasteiger partial charge in [-0.3, -0.25) is 9.08 Å². The molecule has 0 unspecified atom stereocenters. The highest BCUT2D eigenvalue weighted by molar-refractivity contribution is 5.63. The van der Waals surface area contributed by atoms with Crippen LogP contribution in [0, 0.1) is 5.92 Å². The molecule has 0 radical (unpaired) electrons. The van der Waals surface area contributed by atoms with Crippen molar-refractivity contribution in [2.45, 2.75) is 19.4 Å². The molecule has 3 aromatic rings. The minimum absolute atomic E-state index is 0.604. The summed E-state index contributed by atoms with van der Waals surface area (Å²) in [6, 6.07) is 2.05. The SMILES string of the molecule is Cn1ccc(CNC[C@H]2CCCN(c3nccn4cnnc34)C2)n1. The highest BCUT2D eigenvalue weighted by atomic mass is 15.3. The zero-order valence-electron chi connectivity index (χ0n) is 13.8. The molecular weight excluding hydrogens is 304 g/mol. The number of nitrogens with zero attached hydrogens (tertiary/aromatic N) is 7. The van der Waals surface area contributed by atoms with Crippen molar-refractivity contribution in [3.8, 4) is 0 Å². The van der Waals surface area contributed by atoms with E-state index in [0.717, 1.165) is 43.3 Å². The molecule has 0 saturated carbocycles. The van der Waals surface area contributed by atoms with Crippen LogP contribution in [0.5, 0.6) is 0 Å². The molecular formula is C16H22N8. The minimum atomic E-state index is 0.604. The van der Waals surface area contributed by atoms with Gasteiger partial charge in [-0.15, -0.1) is 10.2 Å². The Morgan fingerprint density at radius 2 is 2.29 bits per heavy atom. The number of hydrogen-bond acceptors (Lipinski definition) is 6. The standard InChI is InChI=1S/C16H22N8/c1-22-7-4-14(21-22)10-17-9-13-3-2-6-23(11-13)15-16-20-19-12-24(16)8-5-18-15/h4-5,7-8,12-13,17H,2-3,6,9-11H2,1H3/t13-/m1/s1. The van der Waals surface area contributed by atoms with Crippen LogP contribution in [0.3, 0.4) is 0 Å². The molecule has 0 aliphatic carbocycles. The molecule has 1 N–H and O–H groups in total. The van der Waals surface area contributed by atoms with E-state index in [-0.39, 0.29) is 0 Å². The Bertz CT molecular complexity index is 807. The predicted molar refractivity (Wildman–Crippen MR) is 90.6 cm³/mol. The second-order valence-corrected chi connectivity index (χ2v) is 6.38. The van der Waals surface area contributed by atoms with Crippen molar-refractivity contribution in [2.24, 2.45) is 13.0 Å². The lowest BCUT2D eigenvalue weighted by atomic mass is 9.98. The first-order valence-corrected chi connectivity index (χ1v) is 8.38. The highest BCUT2D eigenvalue weighted by Crippen LogP contribution is 2.23. The van der Waals surface area contributed by atoms with E-state index >= 15 is 0 Å². The molecule has 1 atom stereocenters. The summed E-state index contributed by atoms with van der Waals surface area (Å²) in [7, 11) is 1.95. The van der Waals surface area contributed by atoms with Gasteiger partial charge < -0.3 is 10.2 Å². The second kappa shape index (κ2) is 6.56. The maximum absolute atomic E-state index is 4.54. The van der Waals surface area contributed by atoms with Crippen molar-refractivity contribution >= 4 is 11.5 Å². The second-order valence-electron chi connectivity index (χ2n) is 6.38. The first kappa shape index (κ1) is 15.1. The van der Waals surface area contributed by atoms with Crippen LogP contribution < -0.4 is 10.2 Å². The van der Waals surface area contributed by atoms with Gasteiger partial charge in [0.1, 0.15) is 6.33 Å². The Morgan fingerprint density at radius 3 is 3.17 bits per heavy atom. The summed E-state index contributed by atoms with van der Waals surface area (Å²) >= 11 is 0. The quantitative estimate of drug-likeness (QED) is 0.749. The van der Waals surface area contributed by atoms with Crippen molar-refractivity contribution in [3.63, 3.8) is 0 Å². The fraction of sp³-hybridized carbons (Fsp3) is 0.500. The molecule has 0 amide bonds. The molecule has 3 aromatic heterocycles. The van der Waals surface area contributed by atoms with E-state index in [2.05, 4.69) is 36.6 Å². The van der Waals surface area contributed by atoms with Gasteiger partial charge in [-0.05, 0) is 24.8 Å². The van der Waals surface area contributed by atoms with Crippen molar-refractivity contribution in [1.82, 2.24) is 34.7 Å². The molecule has 1 aliphatic heterocycles. The van der Waals surface area contributed by atoms with Crippen molar-refractivity contribution in [2.75, 3.05) is 24.5 Å². The average molecular weight is 326 g/mol. The van der Waals surface area contributed by atoms with E-state index in [0.29, 0.717) is 5.92 Å². The summed E-state index contributed by atoms with van der Waals surface area (Å²) in [6.07, 6.45) is 9.80. The van der Waals surface area contributed by atoms with Crippen LogP contribution in [0.15, 0.2) is 31.0 Å². The van der Waals surface area contributed by atoms with E-state index in [1.165, 1.54) is 12.8 Å². The van der Waals surface area contributed by atoms with Crippen molar-refractivity contribution in [1.29, 1.82) is 0 Å². The number of nitrogens with one attached hydrogen (secondary N) is 1. The first-order chi connectivity index (χ1) is 11.8. The Morgan fingerprint density at radius 1 is 1.33 bits per heavy atom. The summed E-state index contributed by atoms with van der Waals surface area (Å²) in [4.78, 5) is 6.87. The van der Waals surface area contributed by atoms with E-state index in [9.17, 15) is 0 Å². The molecule has 4 rings (SSSR count). The number of rotatable bonds is 5. The Hall–Kier alpha value is -2.48. The third kappa shape index (κ3) is 3.09. The summed E-state index contributed by atoms with van der Waals surface area (Å²) in [5.74, 6) is 1.54. The van der Waals surface area contributed by atoms with Gasteiger partial charge in [0.05, 0.1) is 5.69 Å². The predicted octanol–water partition coefficient (Wildman–Crippen LogP) is 0.864. The summed E-state index contributed by atoms with van der Waals surface area (Å²) < 4.78 is 3.76. The molecule has 1 saturated heterocycles. The normalized spacial score (nSPS) is 18.4. The molecule has 1 aliphatic rings. The monoisotopic (exact) mass is 326 g/mol. The molecule has 4 heterocycles. The number of piperidine rings is 1. The van der Waals surface area contributed by atoms with Crippen molar-refractivity contribution in [3.05, 3.63) is 36.7 Å². The largest absolute Gasteiger partial charge is 0.353 e. The molecule has 0 bridgehead atoms. The van der Waals surface area contributed by atoms with E-state index in [1.54, 1.807) is 6.33 Å². The summed E-state index contributed by atoms with van der Waals surface area (Å²) in [5, 5.41) is 16.1. The Balaban J connectivity index is 1.38. The van der Waals surface area contributed by atoms with Crippen LogP contribution in [-0.2, 0) is 13.6 Å². The molecule has 0 spiro atoms. The Kier molecular flexibility index (Phi) is 4.12. The number of fused-ring (bicyclic) bond motifs is 1. The highest BCUT2D eigenvalue weighted by Gasteiger charge is 2.23. The molecule has 8 heteroatoms. The summed E-state index contributed by atoms with van der Waals surface area (Å²) in [5.41, 5.74) is 1.92. The maximum atomic E-state index is 4.54. The topological polar surface area (TPSA) is 76.2 Å². The van der Waals surface area contributed by atoms with Crippen LogP contribution in [0.4, 0.5) is 5.82 Å². The fourth-order valence-electron chi connectivity index (χ4n) is 3.35. The van der Waals surface area contributed by atoms with E-state index in [4.69, 9.17) is 0 Å². The number of anilines is 1. The zero-order chi connectivity index (χ0) is 16.4. The zero-order valence-corrected chi connectivity index (χ0v) is 13.8. The van der Waals surface area contributed by atoms with Crippen LogP contribution in [-0.4, -0.2) is 49.0 Å². The number of aryl methyl sites for hydroxylation is 1. The van der Waals surface area contributed by atoms with Gasteiger partial charge in [-0.25, -0.2) is 4.98 Å². The number of hydrogen-bond donors (Lipinski definition) is 1. The van der Waals surface area contributed by atoms with Gasteiger partial charge in [0, 0.05) is 51.8 Å². The van der Waals surface area contributed by atoms with Crippen LogP contribution in [0.25, 0.3) is 5.65 Å². The van der Waals surface area contributed by atoms with Crippen LogP contribution in [0.1, 0.15) is 18.5 Å². The number of aromatic nitrogens is 6. The van der Waals surface area contributed by atoms with Crippen LogP contribution >= 0.6 is 0 Å². The van der Waals surface area contributed by atoms with Gasteiger partial charge in [-0.2, -0.15) is 5.10 Å². The molecule has 8 nitrogen and oxygen atoms in total. The smallest absolute Gasteiger partial charge is 0.203 e. The van der Waals surface area contributed by atoms with Gasteiger partial charge >= 0.3 is 0 Å². The summed E-state index contributed by atoms with van der Waals surface area (Å²) in [6.45, 7) is 3.82. The van der Waals surface area contributed by atoms with Crippen molar-refractivity contribution < 1.29 is 0 Å². The van der Waals surface area contributed by atoms with Gasteiger partial charge in [0.15, 0.2) is 5.82 Å². The maximum Gasteiger partial charge on any atom is 0.203 e. The van der Waals surface area contributed by atoms with Gasteiger partial charge in [-0.1, -0.05) is 0 Å². The minimum Gasteiger partial charge on any atom is -0.353 e. The molecule has 1 fully saturated rings. The molecule has 126 valence electrons. The lowest BCUT2D eigenvalue weighted by Crippen LogP contribution is -2.40. The molecule has 0 aromatic carbocycles. The molecule has 24 heavy (non-hydrogen) atoms. The fourth-order valence-corrected chi connectivity index (χ4v) is 3.35. The van der Waals surface area contributed by atoms with E-state index < -0.39 is 0 Å². The van der Waals surface area contributed by atoms with Gasteiger partial charge in [0.25, 0.3) is 0 Å². The van der Waals surface area contributed by atoms with E-state index in [1.807, 2.05) is 34.7 Å². The van der Waals surface area contributed by atoms with Crippen LogP contribution in [0.2, 0.25) is 0 Å². The lowest BCUT2D eigenvalue weighted by Gasteiger charge is -2.33. The Labute approximate surface area is 140 Å². The first-order valence-electron chi connectivity index (χ1n) is 8.38. The third-order valence-corrected chi connectivity index (χ3v) is 4.52. The third-order valence-electron chi connectivity index (χ3n) is 4.52. The van der Waals surface area contributed by atoms with Gasteiger partial charge in [0.2, 0.25) is 5.65 Å². The average Bonchev–Trinajstić information content (AvgIpc) is 3.23. The lowest BCUT2D eigenvalue weighted by molar-refractivity contribution is 0.389.